The monoisotopic (exact) mass is 268 g/mol. The zero-order chi connectivity index (χ0) is 13.1. The predicted octanol–water partition coefficient (Wildman–Crippen LogP) is 3.72. The van der Waals surface area contributed by atoms with Crippen molar-refractivity contribution in [2.24, 2.45) is 0 Å². The number of benzene rings is 1. The molecule has 94 valence electrons. The van der Waals surface area contributed by atoms with Crippen molar-refractivity contribution in [2.75, 3.05) is 5.32 Å². The molecule has 19 heavy (non-hydrogen) atoms. The molecular formula is C15H12N2OS. The molecule has 3 nitrogen and oxygen atoms in total. The van der Waals surface area contributed by atoms with Gasteiger partial charge in [-0.2, -0.15) is 0 Å². The molecular weight excluding hydrogens is 256 g/mol. The minimum atomic E-state index is 0.681. The Kier molecular flexibility index (Phi) is 3.25. The Morgan fingerprint density at radius 2 is 2.11 bits per heavy atom. The number of aldehydes is 1. The maximum atomic E-state index is 10.9. The summed E-state index contributed by atoms with van der Waals surface area (Å²) in [6.45, 7) is 0.681. The van der Waals surface area contributed by atoms with E-state index in [0.29, 0.717) is 6.54 Å². The number of hydrogen-bond acceptors (Lipinski definition) is 4. The number of para-hydroxylation sites is 1. The van der Waals surface area contributed by atoms with Crippen LogP contribution >= 0.6 is 11.3 Å². The first kappa shape index (κ1) is 11.9. The van der Waals surface area contributed by atoms with Crippen LogP contribution in [0.1, 0.15) is 15.2 Å². The van der Waals surface area contributed by atoms with Gasteiger partial charge in [0.25, 0.3) is 0 Å². The van der Waals surface area contributed by atoms with Gasteiger partial charge in [0, 0.05) is 18.1 Å². The molecule has 0 radical (unpaired) electrons. The maximum absolute atomic E-state index is 10.9. The van der Waals surface area contributed by atoms with Gasteiger partial charge in [-0.25, -0.2) is 0 Å². The summed E-state index contributed by atoms with van der Waals surface area (Å²) in [7, 11) is 0. The molecule has 0 aliphatic carbocycles. The lowest BCUT2D eigenvalue weighted by atomic mass is 10.1. The van der Waals surface area contributed by atoms with Crippen molar-refractivity contribution in [3.8, 4) is 0 Å². The van der Waals surface area contributed by atoms with Crippen molar-refractivity contribution in [3.05, 3.63) is 58.4 Å². The Balaban J connectivity index is 1.88. The fourth-order valence-corrected chi connectivity index (χ4v) is 2.73. The van der Waals surface area contributed by atoms with Crippen molar-refractivity contribution < 1.29 is 4.79 Å². The number of aromatic nitrogens is 1. The van der Waals surface area contributed by atoms with E-state index in [1.165, 1.54) is 16.9 Å². The van der Waals surface area contributed by atoms with Crippen LogP contribution in [0, 0.1) is 0 Å². The molecule has 1 aromatic carbocycles. The number of nitrogens with one attached hydrogen (secondary N) is 1. The number of nitrogens with zero attached hydrogens (tertiary/aromatic N) is 1. The van der Waals surface area contributed by atoms with Gasteiger partial charge >= 0.3 is 0 Å². The molecule has 0 fully saturated rings. The van der Waals surface area contributed by atoms with Crippen LogP contribution < -0.4 is 5.32 Å². The second kappa shape index (κ2) is 5.20. The van der Waals surface area contributed by atoms with E-state index >= 15 is 0 Å². The van der Waals surface area contributed by atoms with Crippen molar-refractivity contribution in [1.82, 2.24) is 4.98 Å². The summed E-state index contributed by atoms with van der Waals surface area (Å²) in [5.74, 6) is 0. The Morgan fingerprint density at radius 1 is 1.21 bits per heavy atom. The molecule has 0 aliphatic rings. The summed E-state index contributed by atoms with van der Waals surface area (Å²) in [4.78, 5) is 15.9. The van der Waals surface area contributed by atoms with Crippen LogP contribution in [-0.2, 0) is 6.54 Å². The lowest BCUT2D eigenvalue weighted by Crippen LogP contribution is -2.01. The summed E-state index contributed by atoms with van der Waals surface area (Å²) < 4.78 is 0. The van der Waals surface area contributed by atoms with Crippen molar-refractivity contribution in [3.63, 3.8) is 0 Å². The predicted molar refractivity (Wildman–Crippen MR) is 78.8 cm³/mol. The van der Waals surface area contributed by atoms with Crippen LogP contribution in [0.25, 0.3) is 10.9 Å². The van der Waals surface area contributed by atoms with E-state index in [4.69, 9.17) is 0 Å². The van der Waals surface area contributed by atoms with Gasteiger partial charge < -0.3 is 5.32 Å². The molecule has 3 aromatic rings. The zero-order valence-corrected chi connectivity index (χ0v) is 11.0. The molecule has 3 rings (SSSR count). The number of rotatable bonds is 4. The maximum Gasteiger partial charge on any atom is 0.162 e. The normalized spacial score (nSPS) is 10.5. The van der Waals surface area contributed by atoms with Crippen LogP contribution in [0.15, 0.2) is 48.0 Å². The van der Waals surface area contributed by atoms with Gasteiger partial charge in [-0.3, -0.25) is 9.78 Å². The van der Waals surface area contributed by atoms with E-state index < -0.39 is 0 Å². The largest absolute Gasteiger partial charge is 0.380 e. The topological polar surface area (TPSA) is 42.0 Å². The molecule has 2 heterocycles. The Morgan fingerprint density at radius 3 is 3.00 bits per heavy atom. The summed E-state index contributed by atoms with van der Waals surface area (Å²) in [5, 5.41) is 6.36. The third-order valence-corrected chi connectivity index (χ3v) is 3.85. The minimum Gasteiger partial charge on any atom is -0.380 e. The molecule has 0 atom stereocenters. The third-order valence-electron chi connectivity index (χ3n) is 3.01. The van der Waals surface area contributed by atoms with Gasteiger partial charge in [-0.15, -0.1) is 11.3 Å². The number of pyridine rings is 1. The van der Waals surface area contributed by atoms with Crippen LogP contribution in [-0.4, -0.2) is 11.3 Å². The summed E-state index contributed by atoms with van der Waals surface area (Å²) in [6.07, 6.45) is 2.70. The van der Waals surface area contributed by atoms with Gasteiger partial charge in [0.15, 0.2) is 6.29 Å². The van der Waals surface area contributed by atoms with E-state index in [1.807, 2.05) is 41.9 Å². The van der Waals surface area contributed by atoms with E-state index in [9.17, 15) is 4.79 Å². The number of carbonyl (C=O) groups excluding carboxylic acids is 1. The lowest BCUT2D eigenvalue weighted by Gasteiger charge is -2.08. The second-order valence-corrected chi connectivity index (χ2v) is 5.10. The number of carbonyl (C=O) groups is 1. The number of hydrogen-bond donors (Lipinski definition) is 1. The van der Waals surface area contributed by atoms with E-state index in [1.54, 1.807) is 0 Å². The van der Waals surface area contributed by atoms with Crippen LogP contribution in [0.2, 0.25) is 0 Å². The van der Waals surface area contributed by atoms with Gasteiger partial charge in [-0.1, -0.05) is 18.2 Å². The molecule has 0 saturated heterocycles. The highest BCUT2D eigenvalue weighted by Crippen LogP contribution is 2.22. The average Bonchev–Trinajstić information content (AvgIpc) is 2.92. The molecule has 0 amide bonds. The Hall–Kier alpha value is -2.20. The van der Waals surface area contributed by atoms with Gasteiger partial charge in [0.2, 0.25) is 0 Å². The van der Waals surface area contributed by atoms with Crippen LogP contribution in [0.3, 0.4) is 0 Å². The first-order valence-electron chi connectivity index (χ1n) is 5.97. The molecule has 0 saturated carbocycles. The zero-order valence-electron chi connectivity index (χ0n) is 10.2. The van der Waals surface area contributed by atoms with Crippen molar-refractivity contribution in [2.45, 2.75) is 6.54 Å². The highest BCUT2D eigenvalue weighted by atomic mass is 32.1. The first-order chi connectivity index (χ1) is 9.38. The number of fused-ring (bicyclic) bond motifs is 1. The van der Waals surface area contributed by atoms with E-state index in [-0.39, 0.29) is 0 Å². The minimum absolute atomic E-state index is 0.681. The van der Waals surface area contributed by atoms with Gasteiger partial charge in [-0.05, 0) is 29.1 Å². The lowest BCUT2D eigenvalue weighted by molar-refractivity contribution is 0.112. The second-order valence-electron chi connectivity index (χ2n) is 4.16. The summed E-state index contributed by atoms with van der Waals surface area (Å²) >= 11 is 1.45. The number of thiophene rings is 1. The quantitative estimate of drug-likeness (QED) is 0.733. The summed E-state index contributed by atoms with van der Waals surface area (Å²) in [6, 6.07) is 12.0. The third kappa shape index (κ3) is 2.35. The number of anilines is 1. The summed E-state index contributed by atoms with van der Waals surface area (Å²) in [5.41, 5.74) is 3.05. The standard InChI is InChI=1S/C15H12N2OS/c18-10-15-14(6-8-19-15)17-9-11-5-7-16-13-4-2-1-3-12(11)13/h1-8,10,17H,9H2. The first-order valence-corrected chi connectivity index (χ1v) is 6.85. The molecule has 0 aliphatic heterocycles. The molecule has 2 aromatic heterocycles. The molecule has 0 bridgehead atoms. The Labute approximate surface area is 114 Å². The molecule has 0 unspecified atom stereocenters. The van der Waals surface area contributed by atoms with Gasteiger partial charge in [0.1, 0.15) is 0 Å². The van der Waals surface area contributed by atoms with Crippen molar-refractivity contribution in [1.29, 1.82) is 0 Å². The smallest absolute Gasteiger partial charge is 0.162 e. The molecule has 1 N–H and O–H groups in total. The average molecular weight is 268 g/mol. The van der Waals surface area contributed by atoms with Gasteiger partial charge in [0.05, 0.1) is 16.1 Å². The SMILES string of the molecule is O=Cc1sccc1NCc1ccnc2ccccc12. The fourth-order valence-electron chi connectivity index (χ4n) is 2.06. The highest BCUT2D eigenvalue weighted by Gasteiger charge is 2.04. The highest BCUT2D eigenvalue weighted by molar-refractivity contribution is 7.12. The van der Waals surface area contributed by atoms with E-state index in [2.05, 4.69) is 16.4 Å². The van der Waals surface area contributed by atoms with Crippen LogP contribution in [0.4, 0.5) is 5.69 Å². The Bertz CT molecular complexity index is 715. The van der Waals surface area contributed by atoms with Crippen LogP contribution in [0.5, 0.6) is 0 Å². The molecule has 0 spiro atoms. The fraction of sp³-hybridized carbons (Fsp3) is 0.0667. The molecule has 4 heteroatoms. The van der Waals surface area contributed by atoms with Crippen molar-refractivity contribution >= 4 is 34.2 Å². The van der Waals surface area contributed by atoms with E-state index in [0.717, 1.165) is 27.8 Å².